The van der Waals surface area contributed by atoms with E-state index < -0.39 is 0 Å². The molecule has 3 rings (SSSR count). The van der Waals surface area contributed by atoms with Crippen molar-refractivity contribution in [3.63, 3.8) is 0 Å². The summed E-state index contributed by atoms with van der Waals surface area (Å²) in [5.74, 6) is 3.29. The van der Waals surface area contributed by atoms with Crippen LogP contribution in [-0.4, -0.2) is 10.9 Å². The van der Waals surface area contributed by atoms with Crippen LogP contribution in [-0.2, 0) is 11.2 Å². The zero-order chi connectivity index (χ0) is 15.0. The molecule has 0 unspecified atom stereocenters. The molecule has 1 saturated carbocycles. The first-order chi connectivity index (χ1) is 10.0. The van der Waals surface area contributed by atoms with E-state index in [9.17, 15) is 4.79 Å². The number of furan rings is 1. The maximum Gasteiger partial charge on any atom is 0.226 e. The number of hydrogen-bond donors (Lipinski definition) is 1. The molecule has 4 nitrogen and oxygen atoms in total. The molecule has 112 valence electrons. The Kier molecular flexibility index (Phi) is 3.85. The number of amides is 1. The lowest BCUT2D eigenvalue weighted by atomic mass is 10.2. The average molecular weight is 304 g/mol. The minimum atomic E-state index is -0.0125. The molecular weight excluding hydrogens is 284 g/mol. The van der Waals surface area contributed by atoms with Crippen molar-refractivity contribution in [3.05, 3.63) is 34.2 Å². The Morgan fingerprint density at radius 1 is 1.48 bits per heavy atom. The van der Waals surface area contributed by atoms with E-state index in [4.69, 9.17) is 4.42 Å². The van der Waals surface area contributed by atoms with Gasteiger partial charge in [0.2, 0.25) is 5.91 Å². The minimum absolute atomic E-state index is 0.0125. The standard InChI is InChI=1S/C16H20N2O2S/c1-9-8-13(9)14-6-4-12(20-14)5-7-15(19)18-16-17-10(2)11(3)21-16/h4,6,9,13H,5,7-8H2,1-3H3,(H,17,18,19)/t9-,13+/m0/s1. The van der Waals surface area contributed by atoms with E-state index in [1.165, 1.54) is 17.8 Å². The summed E-state index contributed by atoms with van der Waals surface area (Å²) in [4.78, 5) is 17.4. The van der Waals surface area contributed by atoms with E-state index in [2.05, 4.69) is 23.3 Å². The van der Waals surface area contributed by atoms with Crippen LogP contribution in [0.3, 0.4) is 0 Å². The number of nitrogens with zero attached hydrogens (tertiary/aromatic N) is 1. The van der Waals surface area contributed by atoms with Gasteiger partial charge in [-0.05, 0) is 38.3 Å². The maximum absolute atomic E-state index is 11.9. The van der Waals surface area contributed by atoms with Gasteiger partial charge in [0.1, 0.15) is 11.5 Å². The van der Waals surface area contributed by atoms with Crippen LogP contribution in [0.5, 0.6) is 0 Å². The monoisotopic (exact) mass is 304 g/mol. The fraction of sp³-hybridized carbons (Fsp3) is 0.500. The Hall–Kier alpha value is -1.62. The summed E-state index contributed by atoms with van der Waals surface area (Å²) in [7, 11) is 0. The van der Waals surface area contributed by atoms with Crippen LogP contribution in [0.15, 0.2) is 16.5 Å². The lowest BCUT2D eigenvalue weighted by Crippen LogP contribution is -2.11. The van der Waals surface area contributed by atoms with Crippen molar-refractivity contribution >= 4 is 22.4 Å². The van der Waals surface area contributed by atoms with Gasteiger partial charge >= 0.3 is 0 Å². The fourth-order valence-corrected chi connectivity index (χ4v) is 3.22. The predicted octanol–water partition coefficient (Wildman–Crippen LogP) is 4.05. The second-order valence-electron chi connectivity index (χ2n) is 5.83. The van der Waals surface area contributed by atoms with E-state index in [-0.39, 0.29) is 5.91 Å². The highest BCUT2D eigenvalue weighted by Gasteiger charge is 2.36. The van der Waals surface area contributed by atoms with Crippen LogP contribution < -0.4 is 5.32 Å². The normalized spacial score (nSPS) is 20.5. The van der Waals surface area contributed by atoms with Crippen LogP contribution in [0, 0.1) is 19.8 Å². The maximum atomic E-state index is 11.9. The van der Waals surface area contributed by atoms with Gasteiger partial charge in [-0.25, -0.2) is 4.98 Å². The van der Waals surface area contributed by atoms with Crippen LogP contribution >= 0.6 is 11.3 Å². The lowest BCUT2D eigenvalue weighted by molar-refractivity contribution is -0.116. The van der Waals surface area contributed by atoms with Crippen molar-refractivity contribution in [1.29, 1.82) is 0 Å². The van der Waals surface area contributed by atoms with E-state index in [0.29, 0.717) is 23.9 Å². The lowest BCUT2D eigenvalue weighted by Gasteiger charge is -2.00. The second kappa shape index (κ2) is 5.64. The summed E-state index contributed by atoms with van der Waals surface area (Å²) in [6.07, 6.45) is 2.28. The molecule has 1 aliphatic carbocycles. The quantitative estimate of drug-likeness (QED) is 0.906. The molecule has 1 aliphatic rings. The summed E-state index contributed by atoms with van der Waals surface area (Å²) < 4.78 is 5.81. The minimum Gasteiger partial charge on any atom is -0.466 e. The van der Waals surface area contributed by atoms with Gasteiger partial charge in [0.05, 0.1) is 5.69 Å². The van der Waals surface area contributed by atoms with Crippen LogP contribution in [0.2, 0.25) is 0 Å². The summed E-state index contributed by atoms with van der Waals surface area (Å²) >= 11 is 1.51. The second-order valence-corrected chi connectivity index (χ2v) is 7.04. The topological polar surface area (TPSA) is 55.1 Å². The molecule has 2 aromatic rings. The Morgan fingerprint density at radius 2 is 2.24 bits per heavy atom. The molecule has 1 fully saturated rings. The van der Waals surface area contributed by atoms with Gasteiger partial charge in [0, 0.05) is 23.6 Å². The van der Waals surface area contributed by atoms with Crippen molar-refractivity contribution in [2.45, 2.75) is 46.0 Å². The van der Waals surface area contributed by atoms with Crippen molar-refractivity contribution in [1.82, 2.24) is 4.98 Å². The Bertz CT molecular complexity index is 640. The molecule has 21 heavy (non-hydrogen) atoms. The van der Waals surface area contributed by atoms with Gasteiger partial charge in [0.15, 0.2) is 5.13 Å². The summed E-state index contributed by atoms with van der Waals surface area (Å²) in [5.41, 5.74) is 0.976. The molecule has 0 aliphatic heterocycles. The van der Waals surface area contributed by atoms with Crippen LogP contribution in [0.25, 0.3) is 0 Å². The number of aromatic nitrogens is 1. The number of rotatable bonds is 5. The first kappa shape index (κ1) is 14.3. The molecule has 0 spiro atoms. The number of anilines is 1. The van der Waals surface area contributed by atoms with E-state index in [1.807, 2.05) is 19.9 Å². The molecule has 2 atom stereocenters. The van der Waals surface area contributed by atoms with Gasteiger partial charge in [0.25, 0.3) is 0 Å². The third-order valence-electron chi connectivity index (χ3n) is 4.03. The highest BCUT2D eigenvalue weighted by Crippen LogP contribution is 2.47. The van der Waals surface area contributed by atoms with Gasteiger partial charge in [-0.15, -0.1) is 11.3 Å². The van der Waals surface area contributed by atoms with Crippen LogP contribution in [0.4, 0.5) is 5.13 Å². The number of thiazole rings is 1. The van der Waals surface area contributed by atoms with Gasteiger partial charge in [-0.3, -0.25) is 4.79 Å². The molecule has 5 heteroatoms. The fourth-order valence-electron chi connectivity index (χ4n) is 2.39. The van der Waals surface area contributed by atoms with Crippen LogP contribution in [0.1, 0.15) is 47.8 Å². The number of hydrogen-bond acceptors (Lipinski definition) is 4. The molecule has 1 N–H and O–H groups in total. The molecule has 2 aromatic heterocycles. The van der Waals surface area contributed by atoms with E-state index in [0.717, 1.165) is 28.0 Å². The number of carbonyl (C=O) groups is 1. The van der Waals surface area contributed by atoms with Crippen molar-refractivity contribution < 1.29 is 9.21 Å². The molecule has 0 aromatic carbocycles. The Labute approximate surface area is 128 Å². The SMILES string of the molecule is Cc1nc(NC(=O)CCc2ccc([C@@H]3C[C@@H]3C)o2)sc1C. The molecule has 1 amide bonds. The number of nitrogens with one attached hydrogen (secondary N) is 1. The first-order valence-corrected chi connectivity index (χ1v) is 8.17. The highest BCUT2D eigenvalue weighted by atomic mass is 32.1. The van der Waals surface area contributed by atoms with Gasteiger partial charge in [-0.1, -0.05) is 6.92 Å². The van der Waals surface area contributed by atoms with E-state index in [1.54, 1.807) is 0 Å². The van der Waals surface area contributed by atoms with Crippen molar-refractivity contribution in [2.75, 3.05) is 5.32 Å². The summed E-state index contributed by atoms with van der Waals surface area (Å²) in [6.45, 7) is 6.19. The number of carbonyl (C=O) groups excluding carboxylic acids is 1. The first-order valence-electron chi connectivity index (χ1n) is 7.35. The third-order valence-corrected chi connectivity index (χ3v) is 5.02. The zero-order valence-corrected chi connectivity index (χ0v) is 13.4. The number of aryl methyl sites for hydroxylation is 3. The van der Waals surface area contributed by atoms with E-state index >= 15 is 0 Å². The van der Waals surface area contributed by atoms with Crippen molar-refractivity contribution in [2.24, 2.45) is 5.92 Å². The van der Waals surface area contributed by atoms with Gasteiger partial charge < -0.3 is 9.73 Å². The molecule has 0 radical (unpaired) electrons. The van der Waals surface area contributed by atoms with Gasteiger partial charge in [-0.2, -0.15) is 0 Å². The largest absolute Gasteiger partial charge is 0.466 e. The molecular formula is C16H20N2O2S. The smallest absolute Gasteiger partial charge is 0.226 e. The zero-order valence-electron chi connectivity index (χ0n) is 12.6. The molecule has 2 heterocycles. The Balaban J connectivity index is 1.50. The molecule has 0 bridgehead atoms. The van der Waals surface area contributed by atoms with Crippen molar-refractivity contribution in [3.8, 4) is 0 Å². The average Bonchev–Trinajstić information content (AvgIpc) is 2.84. The molecule has 0 saturated heterocycles. The predicted molar refractivity (Wildman–Crippen MR) is 83.8 cm³/mol. The third kappa shape index (κ3) is 3.35. The summed E-state index contributed by atoms with van der Waals surface area (Å²) in [5, 5.41) is 3.53. The Morgan fingerprint density at radius 3 is 2.86 bits per heavy atom. The highest BCUT2D eigenvalue weighted by molar-refractivity contribution is 7.15. The summed E-state index contributed by atoms with van der Waals surface area (Å²) in [6, 6.07) is 4.04.